The lowest BCUT2D eigenvalue weighted by Crippen LogP contribution is -2.39. The van der Waals surface area contributed by atoms with Gasteiger partial charge in [-0.1, -0.05) is 13.8 Å². The van der Waals surface area contributed by atoms with Crippen LogP contribution >= 0.6 is 0 Å². The van der Waals surface area contributed by atoms with Crippen LogP contribution in [0.1, 0.15) is 46.5 Å². The number of aliphatic carboxylic acids is 1. The van der Waals surface area contributed by atoms with E-state index in [1.54, 1.807) is 0 Å². The monoisotopic (exact) mass is 252 g/mol. The molecule has 3 heteroatoms. The third kappa shape index (κ3) is 1.49. The predicted octanol–water partition coefficient (Wildman–Crippen LogP) is 2.53. The zero-order valence-electron chi connectivity index (χ0n) is 11.5. The minimum Gasteiger partial charge on any atom is -0.481 e. The lowest BCUT2D eigenvalue weighted by molar-refractivity contribution is -0.144. The van der Waals surface area contributed by atoms with E-state index in [-0.39, 0.29) is 23.2 Å². The zero-order valence-corrected chi connectivity index (χ0v) is 11.5. The Morgan fingerprint density at radius 2 is 1.78 bits per heavy atom. The number of aliphatic hydroxyl groups is 1. The SMILES string of the molecule is CC1(C)[C@@H]2[C@@H]3[C@H](C(=O)O)CC[C@@H]3[C@@](C)(O)CC[C@H]21. The predicted molar refractivity (Wildman–Crippen MR) is 68.0 cm³/mol. The molecule has 0 unspecified atom stereocenters. The molecule has 2 N–H and O–H groups in total. The number of hydrogen-bond acceptors (Lipinski definition) is 2. The van der Waals surface area contributed by atoms with Crippen LogP contribution in [0.25, 0.3) is 0 Å². The number of carbonyl (C=O) groups is 1. The number of rotatable bonds is 1. The van der Waals surface area contributed by atoms with Gasteiger partial charge >= 0.3 is 5.97 Å². The zero-order chi connectivity index (χ0) is 13.3. The molecule has 0 aliphatic heterocycles. The van der Waals surface area contributed by atoms with Crippen LogP contribution in [0.4, 0.5) is 0 Å². The Morgan fingerprint density at radius 3 is 2.39 bits per heavy atom. The first kappa shape index (κ1) is 12.5. The fourth-order valence-corrected chi connectivity index (χ4v) is 5.27. The average Bonchev–Trinajstić information content (AvgIpc) is 2.64. The van der Waals surface area contributed by atoms with Crippen LogP contribution in [0.2, 0.25) is 0 Å². The summed E-state index contributed by atoms with van der Waals surface area (Å²) < 4.78 is 0. The van der Waals surface area contributed by atoms with Gasteiger partial charge in [0.05, 0.1) is 11.5 Å². The highest BCUT2D eigenvalue weighted by atomic mass is 16.4. The van der Waals surface area contributed by atoms with Crippen LogP contribution in [-0.4, -0.2) is 21.8 Å². The highest BCUT2D eigenvalue weighted by Gasteiger charge is 2.68. The topological polar surface area (TPSA) is 57.5 Å². The van der Waals surface area contributed by atoms with E-state index in [1.807, 2.05) is 6.92 Å². The molecule has 0 radical (unpaired) electrons. The summed E-state index contributed by atoms with van der Waals surface area (Å²) in [7, 11) is 0. The second kappa shape index (κ2) is 3.50. The quantitative estimate of drug-likeness (QED) is 0.754. The van der Waals surface area contributed by atoms with Crippen molar-refractivity contribution in [2.24, 2.45) is 35.0 Å². The molecule has 3 nitrogen and oxygen atoms in total. The molecule has 3 saturated carbocycles. The molecule has 3 fully saturated rings. The van der Waals surface area contributed by atoms with Crippen molar-refractivity contribution in [1.29, 1.82) is 0 Å². The number of carboxylic acids is 1. The number of carboxylic acid groups (broad SMARTS) is 1. The lowest BCUT2D eigenvalue weighted by Gasteiger charge is -2.35. The fraction of sp³-hybridized carbons (Fsp3) is 0.933. The summed E-state index contributed by atoms with van der Waals surface area (Å²) in [5.41, 5.74) is -0.365. The van der Waals surface area contributed by atoms with Crippen LogP contribution in [0, 0.1) is 35.0 Å². The summed E-state index contributed by atoms with van der Waals surface area (Å²) in [5, 5.41) is 20.1. The molecule has 102 valence electrons. The van der Waals surface area contributed by atoms with Gasteiger partial charge in [0.1, 0.15) is 0 Å². The molecule has 0 bridgehead atoms. The van der Waals surface area contributed by atoms with Crippen molar-refractivity contribution in [2.45, 2.75) is 52.1 Å². The summed E-state index contributed by atoms with van der Waals surface area (Å²) >= 11 is 0. The number of hydrogen-bond donors (Lipinski definition) is 2. The van der Waals surface area contributed by atoms with Gasteiger partial charge in [0, 0.05) is 0 Å². The van der Waals surface area contributed by atoms with Crippen molar-refractivity contribution < 1.29 is 15.0 Å². The molecule has 3 aliphatic carbocycles. The minimum atomic E-state index is -0.654. The highest BCUT2D eigenvalue weighted by molar-refractivity contribution is 5.71. The largest absolute Gasteiger partial charge is 0.481 e. The Bertz CT molecular complexity index is 385. The minimum absolute atomic E-state index is 0.190. The Balaban J connectivity index is 1.97. The molecule has 0 aromatic heterocycles. The molecule has 0 spiro atoms. The smallest absolute Gasteiger partial charge is 0.306 e. The van der Waals surface area contributed by atoms with Crippen molar-refractivity contribution >= 4 is 5.97 Å². The second-order valence-corrected chi connectivity index (χ2v) is 7.56. The van der Waals surface area contributed by atoms with Crippen molar-refractivity contribution in [1.82, 2.24) is 0 Å². The van der Waals surface area contributed by atoms with Gasteiger partial charge in [0.15, 0.2) is 0 Å². The Kier molecular flexibility index (Phi) is 2.42. The average molecular weight is 252 g/mol. The summed E-state index contributed by atoms with van der Waals surface area (Å²) in [6.45, 7) is 6.47. The van der Waals surface area contributed by atoms with Gasteiger partial charge in [-0.2, -0.15) is 0 Å². The standard InChI is InChI=1S/C15H24O3/c1-14(2)10-6-7-15(3,18)9-5-4-8(13(16)17)11(9)12(10)14/h8-12,18H,4-7H2,1-3H3,(H,16,17)/t8-,9+,10-,11-,12+,15+/m1/s1. The first-order chi connectivity index (χ1) is 8.27. The van der Waals surface area contributed by atoms with Gasteiger partial charge in [0.25, 0.3) is 0 Å². The van der Waals surface area contributed by atoms with E-state index >= 15 is 0 Å². The van der Waals surface area contributed by atoms with Crippen LogP contribution in [0.15, 0.2) is 0 Å². The van der Waals surface area contributed by atoms with Gasteiger partial charge in [0.2, 0.25) is 0 Å². The van der Waals surface area contributed by atoms with Gasteiger partial charge < -0.3 is 10.2 Å². The van der Waals surface area contributed by atoms with Gasteiger partial charge in [-0.05, 0) is 61.7 Å². The highest BCUT2D eigenvalue weighted by Crippen LogP contribution is 2.71. The van der Waals surface area contributed by atoms with Crippen molar-refractivity contribution in [3.8, 4) is 0 Å². The van der Waals surface area contributed by atoms with Gasteiger partial charge in [-0.25, -0.2) is 0 Å². The number of fused-ring (bicyclic) bond motifs is 3. The molecular formula is C15H24O3. The van der Waals surface area contributed by atoms with Gasteiger partial charge in [-0.15, -0.1) is 0 Å². The molecule has 3 aliphatic rings. The summed E-state index contributed by atoms with van der Waals surface area (Å²) in [6, 6.07) is 0. The molecule has 3 rings (SSSR count). The van der Waals surface area contributed by atoms with Crippen molar-refractivity contribution in [3.05, 3.63) is 0 Å². The van der Waals surface area contributed by atoms with E-state index in [0.717, 1.165) is 25.7 Å². The second-order valence-electron chi connectivity index (χ2n) is 7.56. The van der Waals surface area contributed by atoms with Crippen molar-refractivity contribution in [3.63, 3.8) is 0 Å². The van der Waals surface area contributed by atoms with E-state index in [2.05, 4.69) is 13.8 Å². The molecule has 0 aromatic rings. The maximum Gasteiger partial charge on any atom is 0.306 e. The molecule has 6 atom stereocenters. The summed E-state index contributed by atoms with van der Waals surface area (Å²) in [6.07, 6.45) is 3.53. The van der Waals surface area contributed by atoms with E-state index in [4.69, 9.17) is 0 Å². The van der Waals surface area contributed by atoms with Crippen LogP contribution in [0.5, 0.6) is 0 Å². The molecule has 0 heterocycles. The first-order valence-electron chi connectivity index (χ1n) is 7.22. The van der Waals surface area contributed by atoms with Crippen LogP contribution in [-0.2, 0) is 4.79 Å². The lowest BCUT2D eigenvalue weighted by atomic mass is 9.74. The fourth-order valence-electron chi connectivity index (χ4n) is 5.27. The Hall–Kier alpha value is -0.570. The van der Waals surface area contributed by atoms with Crippen LogP contribution < -0.4 is 0 Å². The van der Waals surface area contributed by atoms with Gasteiger partial charge in [-0.3, -0.25) is 4.79 Å². The third-order valence-electron chi connectivity index (χ3n) is 6.35. The first-order valence-corrected chi connectivity index (χ1v) is 7.22. The van der Waals surface area contributed by atoms with Crippen molar-refractivity contribution in [2.75, 3.05) is 0 Å². The third-order valence-corrected chi connectivity index (χ3v) is 6.35. The summed E-state index contributed by atoms with van der Waals surface area (Å²) in [5.74, 6) is 0.643. The Morgan fingerprint density at radius 1 is 1.11 bits per heavy atom. The molecule has 0 amide bonds. The molecule has 0 saturated heterocycles. The van der Waals surface area contributed by atoms with Crippen LogP contribution in [0.3, 0.4) is 0 Å². The molecule has 18 heavy (non-hydrogen) atoms. The molecule has 0 aromatic carbocycles. The van der Waals surface area contributed by atoms with E-state index in [9.17, 15) is 15.0 Å². The molecular weight excluding hydrogens is 228 g/mol. The van der Waals surface area contributed by atoms with E-state index < -0.39 is 11.6 Å². The van der Waals surface area contributed by atoms with E-state index in [0.29, 0.717) is 11.8 Å². The summed E-state index contributed by atoms with van der Waals surface area (Å²) in [4.78, 5) is 11.5. The normalized spacial score (nSPS) is 53.2. The van der Waals surface area contributed by atoms with E-state index in [1.165, 1.54) is 0 Å². The maximum atomic E-state index is 11.5. The Labute approximate surface area is 109 Å². The maximum absolute atomic E-state index is 11.5.